The van der Waals surface area contributed by atoms with Gasteiger partial charge in [0.2, 0.25) is 11.7 Å². The van der Waals surface area contributed by atoms with E-state index < -0.39 is 11.9 Å². The molecule has 0 radical (unpaired) electrons. The highest BCUT2D eigenvalue weighted by Gasteiger charge is 2.26. The molecule has 29 heavy (non-hydrogen) atoms. The Morgan fingerprint density at radius 3 is 2.66 bits per heavy atom. The van der Waals surface area contributed by atoms with E-state index in [1.807, 2.05) is 0 Å². The Kier molecular flexibility index (Phi) is 5.20. The highest BCUT2D eigenvalue weighted by molar-refractivity contribution is 6.37. The van der Waals surface area contributed by atoms with Gasteiger partial charge in [-0.3, -0.25) is 0 Å². The van der Waals surface area contributed by atoms with Crippen LogP contribution >= 0.6 is 23.2 Å². The summed E-state index contributed by atoms with van der Waals surface area (Å²) in [6.07, 6.45) is 2.83. The molecular formula is C21H11Cl2NO5. The molecule has 0 unspecified atom stereocenters. The van der Waals surface area contributed by atoms with Gasteiger partial charge in [0.25, 0.3) is 0 Å². The van der Waals surface area contributed by atoms with E-state index in [1.54, 1.807) is 42.5 Å². The van der Waals surface area contributed by atoms with Crippen LogP contribution in [0, 0.1) is 0 Å². The molecule has 3 aromatic rings. The van der Waals surface area contributed by atoms with Gasteiger partial charge in [-0.15, -0.1) is 0 Å². The van der Waals surface area contributed by atoms with Crippen molar-refractivity contribution in [2.75, 3.05) is 0 Å². The third-order valence-electron chi connectivity index (χ3n) is 3.92. The maximum atomic E-state index is 12.3. The molecule has 0 N–H and O–H groups in total. The second-order valence-corrected chi connectivity index (χ2v) is 6.71. The van der Waals surface area contributed by atoms with Crippen molar-refractivity contribution < 1.29 is 23.5 Å². The molecule has 2 heterocycles. The minimum atomic E-state index is -0.660. The van der Waals surface area contributed by atoms with Crippen LogP contribution < -0.4 is 4.74 Å². The second kappa shape index (κ2) is 7.95. The lowest BCUT2D eigenvalue weighted by molar-refractivity contribution is -0.129. The summed E-state index contributed by atoms with van der Waals surface area (Å²) in [7, 11) is 0. The molecule has 1 aliphatic heterocycles. The normalized spacial score (nSPS) is 14.6. The molecule has 8 heteroatoms. The monoisotopic (exact) mass is 427 g/mol. The Hall–Kier alpha value is -3.35. The molecule has 1 aromatic heterocycles. The van der Waals surface area contributed by atoms with E-state index in [1.165, 1.54) is 24.5 Å². The van der Waals surface area contributed by atoms with E-state index in [-0.39, 0.29) is 23.1 Å². The second-order valence-electron chi connectivity index (χ2n) is 5.86. The fraction of sp³-hybridized carbons (Fsp3) is 0. The molecule has 0 amide bonds. The Morgan fingerprint density at radius 1 is 1.07 bits per heavy atom. The SMILES string of the molecule is O=C1OC(c2ccc(Cl)cc2Cl)=N/C1=C/c1ccccc1OC(=O)c1ccco1. The van der Waals surface area contributed by atoms with Crippen LogP contribution in [0.1, 0.15) is 21.7 Å². The Balaban J connectivity index is 1.65. The van der Waals surface area contributed by atoms with Crippen LogP contribution in [0.25, 0.3) is 6.08 Å². The summed E-state index contributed by atoms with van der Waals surface area (Å²) in [6, 6.07) is 14.5. The minimum absolute atomic E-state index is 0.0347. The van der Waals surface area contributed by atoms with E-state index in [0.29, 0.717) is 21.2 Å². The molecule has 2 aromatic carbocycles. The number of nitrogens with zero attached hydrogens (tertiary/aromatic N) is 1. The average Bonchev–Trinajstić information content (AvgIpc) is 3.34. The fourth-order valence-electron chi connectivity index (χ4n) is 2.57. The maximum Gasteiger partial charge on any atom is 0.379 e. The van der Waals surface area contributed by atoms with Gasteiger partial charge < -0.3 is 13.9 Å². The van der Waals surface area contributed by atoms with Gasteiger partial charge in [0.15, 0.2) is 5.70 Å². The maximum absolute atomic E-state index is 12.3. The number of ether oxygens (including phenoxy) is 2. The molecule has 0 spiro atoms. The summed E-state index contributed by atoms with van der Waals surface area (Å²) in [5.74, 6) is -0.953. The van der Waals surface area contributed by atoms with Gasteiger partial charge in [0.05, 0.1) is 16.8 Å². The highest BCUT2D eigenvalue weighted by atomic mass is 35.5. The van der Waals surface area contributed by atoms with E-state index >= 15 is 0 Å². The van der Waals surface area contributed by atoms with Crippen LogP contribution in [-0.4, -0.2) is 17.8 Å². The van der Waals surface area contributed by atoms with Crippen molar-refractivity contribution in [3.05, 3.63) is 93.5 Å². The quantitative estimate of drug-likeness (QED) is 0.326. The van der Waals surface area contributed by atoms with Crippen LogP contribution in [0.2, 0.25) is 10.0 Å². The van der Waals surface area contributed by atoms with Gasteiger partial charge in [-0.2, -0.15) is 0 Å². The van der Waals surface area contributed by atoms with Crippen molar-refractivity contribution in [1.82, 2.24) is 0 Å². The minimum Gasteiger partial charge on any atom is -0.457 e. The Bertz CT molecular complexity index is 1170. The number of carbonyl (C=O) groups is 2. The van der Waals surface area contributed by atoms with Crippen molar-refractivity contribution in [1.29, 1.82) is 0 Å². The van der Waals surface area contributed by atoms with Gasteiger partial charge in [-0.1, -0.05) is 41.4 Å². The number of hydrogen-bond acceptors (Lipinski definition) is 6. The largest absolute Gasteiger partial charge is 0.457 e. The number of halogens is 2. The van der Waals surface area contributed by atoms with Crippen LogP contribution in [0.5, 0.6) is 5.75 Å². The summed E-state index contributed by atoms with van der Waals surface area (Å²) in [4.78, 5) is 28.6. The van der Waals surface area contributed by atoms with Crippen LogP contribution in [0.4, 0.5) is 0 Å². The first-order valence-corrected chi connectivity index (χ1v) is 9.09. The van der Waals surface area contributed by atoms with Gasteiger partial charge in [0.1, 0.15) is 5.75 Å². The lowest BCUT2D eigenvalue weighted by atomic mass is 10.1. The van der Waals surface area contributed by atoms with Gasteiger partial charge in [0, 0.05) is 10.6 Å². The number of cyclic esters (lactones) is 1. The summed E-state index contributed by atoms with van der Waals surface area (Å²) in [5.41, 5.74) is 0.935. The van der Waals surface area contributed by atoms with Crippen LogP contribution in [-0.2, 0) is 9.53 Å². The van der Waals surface area contributed by atoms with E-state index in [4.69, 9.17) is 37.1 Å². The van der Waals surface area contributed by atoms with Crippen molar-refractivity contribution in [3.8, 4) is 5.75 Å². The number of esters is 2. The zero-order valence-electron chi connectivity index (χ0n) is 14.6. The first kappa shape index (κ1) is 19.0. The van der Waals surface area contributed by atoms with Gasteiger partial charge in [-0.25, -0.2) is 14.6 Å². The number of furan rings is 1. The van der Waals surface area contributed by atoms with E-state index in [9.17, 15) is 9.59 Å². The zero-order valence-corrected chi connectivity index (χ0v) is 16.1. The smallest absolute Gasteiger partial charge is 0.379 e. The summed E-state index contributed by atoms with van der Waals surface area (Å²) in [5, 5.41) is 0.754. The number of aliphatic imine (C=N–C) groups is 1. The first-order valence-electron chi connectivity index (χ1n) is 8.34. The molecule has 0 aliphatic carbocycles. The molecular weight excluding hydrogens is 417 g/mol. The summed E-state index contributed by atoms with van der Waals surface area (Å²) >= 11 is 12.0. The Morgan fingerprint density at radius 2 is 1.90 bits per heavy atom. The van der Waals surface area contributed by atoms with Crippen molar-refractivity contribution in [2.24, 2.45) is 4.99 Å². The summed E-state index contributed by atoms with van der Waals surface area (Å²) in [6.45, 7) is 0. The predicted octanol–water partition coefficient (Wildman–Crippen LogP) is 5.15. The third kappa shape index (κ3) is 4.08. The van der Waals surface area contributed by atoms with E-state index in [2.05, 4.69) is 4.99 Å². The molecule has 0 saturated heterocycles. The highest BCUT2D eigenvalue weighted by Crippen LogP contribution is 2.28. The molecule has 4 rings (SSSR count). The summed E-state index contributed by atoms with van der Waals surface area (Å²) < 4.78 is 15.6. The third-order valence-corrected chi connectivity index (χ3v) is 4.47. The van der Waals surface area contributed by atoms with E-state index in [0.717, 1.165) is 0 Å². The molecule has 144 valence electrons. The van der Waals surface area contributed by atoms with Crippen molar-refractivity contribution >= 4 is 47.1 Å². The average molecular weight is 428 g/mol. The zero-order chi connectivity index (χ0) is 20.4. The standard InChI is InChI=1S/C21H11Cl2NO5/c22-13-7-8-14(15(23)11-13)19-24-16(20(25)29-19)10-12-4-1-2-5-17(12)28-21(26)18-6-3-9-27-18/h1-11H/b16-10+. The topological polar surface area (TPSA) is 78.1 Å². The molecule has 6 nitrogen and oxygen atoms in total. The number of para-hydroxylation sites is 1. The molecule has 0 atom stereocenters. The van der Waals surface area contributed by atoms with Crippen LogP contribution in [0.3, 0.4) is 0 Å². The predicted molar refractivity (Wildman–Crippen MR) is 107 cm³/mol. The molecule has 0 saturated carbocycles. The van der Waals surface area contributed by atoms with Crippen molar-refractivity contribution in [2.45, 2.75) is 0 Å². The molecule has 1 aliphatic rings. The Labute approximate surface area is 175 Å². The van der Waals surface area contributed by atoms with Gasteiger partial charge >= 0.3 is 11.9 Å². The number of rotatable bonds is 4. The molecule has 0 fully saturated rings. The fourth-order valence-corrected chi connectivity index (χ4v) is 3.06. The number of carbonyl (C=O) groups excluding carboxylic acids is 2. The van der Waals surface area contributed by atoms with Crippen LogP contribution in [0.15, 0.2) is 76.0 Å². The lowest BCUT2D eigenvalue weighted by Gasteiger charge is -2.06. The number of hydrogen-bond donors (Lipinski definition) is 0. The van der Waals surface area contributed by atoms with Crippen molar-refractivity contribution in [3.63, 3.8) is 0 Å². The van der Waals surface area contributed by atoms with Gasteiger partial charge in [-0.05, 0) is 42.5 Å². The lowest BCUT2D eigenvalue weighted by Crippen LogP contribution is -2.08. The first-order chi connectivity index (χ1) is 14.0. The number of benzene rings is 2. The molecule has 0 bridgehead atoms.